The highest BCUT2D eigenvalue weighted by Crippen LogP contribution is 2.30. The second kappa shape index (κ2) is 11.3. The van der Waals surface area contributed by atoms with Gasteiger partial charge in [0, 0.05) is 36.5 Å². The Balaban J connectivity index is 0.00000261. The van der Waals surface area contributed by atoms with Gasteiger partial charge >= 0.3 is 0 Å². The fraction of sp³-hybridized carbons (Fsp3) is 0.476. The van der Waals surface area contributed by atoms with Gasteiger partial charge in [-0.1, -0.05) is 30.7 Å². The molecule has 1 aromatic carbocycles. The predicted octanol–water partition coefficient (Wildman–Crippen LogP) is 4.45. The molecule has 1 aromatic heterocycles. The van der Waals surface area contributed by atoms with Gasteiger partial charge in [-0.15, -0.1) is 23.7 Å². The Kier molecular flexibility index (Phi) is 9.11. The van der Waals surface area contributed by atoms with E-state index in [1.54, 1.807) is 7.11 Å². The molecule has 2 heterocycles. The van der Waals surface area contributed by atoms with Crippen LogP contribution in [-0.2, 0) is 11.2 Å². The number of para-hydroxylation sites is 1. The van der Waals surface area contributed by atoms with Crippen molar-refractivity contribution in [3.05, 3.63) is 52.2 Å². The highest BCUT2D eigenvalue weighted by atomic mass is 35.5. The molecule has 0 spiro atoms. The Morgan fingerprint density at radius 3 is 2.85 bits per heavy atom. The van der Waals surface area contributed by atoms with Gasteiger partial charge in [-0.2, -0.15) is 0 Å². The number of unbranched alkanes of at least 4 members (excludes halogenated alkanes) is 2. The van der Waals surface area contributed by atoms with E-state index < -0.39 is 0 Å². The van der Waals surface area contributed by atoms with Gasteiger partial charge in [0.2, 0.25) is 5.91 Å². The van der Waals surface area contributed by atoms with Crippen LogP contribution in [0.3, 0.4) is 0 Å². The highest BCUT2D eigenvalue weighted by Gasteiger charge is 2.29. The number of carbonyl (C=O) groups excluding carboxylic acids is 1. The lowest BCUT2D eigenvalue weighted by molar-refractivity contribution is -0.134. The first-order valence-electron chi connectivity index (χ1n) is 9.45. The molecule has 0 aliphatic carbocycles. The van der Waals surface area contributed by atoms with Crippen LogP contribution in [0.25, 0.3) is 0 Å². The summed E-state index contributed by atoms with van der Waals surface area (Å²) in [7, 11) is 1.69. The van der Waals surface area contributed by atoms with E-state index in [1.807, 2.05) is 34.4 Å². The van der Waals surface area contributed by atoms with Crippen molar-refractivity contribution in [3.8, 4) is 5.75 Å². The molecule has 1 amide bonds. The molecule has 1 N–H and O–H groups in total. The Morgan fingerprint density at radius 1 is 1.22 bits per heavy atom. The summed E-state index contributed by atoms with van der Waals surface area (Å²) in [5.74, 6) is 1.12. The molecule has 1 aliphatic rings. The largest absolute Gasteiger partial charge is 0.496 e. The number of hydrogen-bond acceptors (Lipinski definition) is 4. The van der Waals surface area contributed by atoms with Crippen LogP contribution in [0.5, 0.6) is 5.75 Å². The van der Waals surface area contributed by atoms with Crippen LogP contribution >= 0.6 is 23.7 Å². The summed E-state index contributed by atoms with van der Waals surface area (Å²) in [6.45, 7) is 2.40. The summed E-state index contributed by atoms with van der Waals surface area (Å²) in [6.07, 6.45) is 4.99. The number of hydrogen-bond donors (Lipinski definition) is 1. The van der Waals surface area contributed by atoms with Gasteiger partial charge in [0.25, 0.3) is 0 Å². The first-order valence-corrected chi connectivity index (χ1v) is 10.3. The molecular formula is C21H29ClN2O2S. The minimum atomic E-state index is 0. The SMILES string of the molecule is COc1ccccc1C1CNCCN1C(=O)CCCCCc1cccs1.Cl. The molecule has 3 rings (SSSR count). The first-order chi connectivity index (χ1) is 12.8. The molecule has 1 unspecified atom stereocenters. The van der Waals surface area contributed by atoms with E-state index in [4.69, 9.17) is 4.74 Å². The van der Waals surface area contributed by atoms with Gasteiger partial charge < -0.3 is 15.0 Å². The second-order valence-corrected chi connectivity index (χ2v) is 7.72. The third-order valence-corrected chi connectivity index (χ3v) is 5.89. The lowest BCUT2D eigenvalue weighted by Gasteiger charge is -2.37. The third-order valence-electron chi connectivity index (χ3n) is 4.96. The van der Waals surface area contributed by atoms with E-state index in [1.165, 1.54) is 4.88 Å². The zero-order valence-electron chi connectivity index (χ0n) is 15.9. The smallest absolute Gasteiger partial charge is 0.223 e. The average molecular weight is 409 g/mol. The van der Waals surface area contributed by atoms with Gasteiger partial charge in [-0.05, 0) is 36.8 Å². The van der Waals surface area contributed by atoms with Crippen molar-refractivity contribution in [1.82, 2.24) is 10.2 Å². The van der Waals surface area contributed by atoms with Crippen molar-refractivity contribution < 1.29 is 9.53 Å². The number of methoxy groups -OCH3 is 1. The summed E-state index contributed by atoms with van der Waals surface area (Å²) >= 11 is 1.82. The Hall–Kier alpha value is -1.56. The van der Waals surface area contributed by atoms with Crippen LogP contribution in [0, 0.1) is 0 Å². The second-order valence-electron chi connectivity index (χ2n) is 6.69. The fourth-order valence-corrected chi connectivity index (χ4v) is 4.32. The standard InChI is InChI=1S/C21H28N2O2S.ClH/c1-25-20-11-6-5-10-18(20)19-16-22-13-14-23(19)21(24)12-4-2-3-8-17-9-7-15-26-17;/h5-7,9-11,15,19,22H,2-4,8,12-14,16H2,1H3;1H. The van der Waals surface area contributed by atoms with Crippen LogP contribution in [0.15, 0.2) is 41.8 Å². The lowest BCUT2D eigenvalue weighted by Crippen LogP contribution is -2.48. The maximum atomic E-state index is 12.8. The highest BCUT2D eigenvalue weighted by molar-refractivity contribution is 7.09. The number of halogens is 1. The molecule has 148 valence electrons. The topological polar surface area (TPSA) is 41.6 Å². The Labute approximate surface area is 172 Å². The van der Waals surface area contributed by atoms with Crippen LogP contribution in [0.2, 0.25) is 0 Å². The summed E-state index contributed by atoms with van der Waals surface area (Å²) in [5, 5.41) is 5.54. The van der Waals surface area contributed by atoms with Gasteiger partial charge in [-0.25, -0.2) is 0 Å². The number of carbonyl (C=O) groups is 1. The predicted molar refractivity (Wildman–Crippen MR) is 114 cm³/mol. The van der Waals surface area contributed by atoms with E-state index in [2.05, 4.69) is 28.9 Å². The van der Waals surface area contributed by atoms with E-state index in [0.29, 0.717) is 6.42 Å². The van der Waals surface area contributed by atoms with Gasteiger partial charge in [0.1, 0.15) is 5.75 Å². The Morgan fingerprint density at radius 2 is 2.07 bits per heavy atom. The van der Waals surface area contributed by atoms with Gasteiger partial charge in [0.05, 0.1) is 13.2 Å². The van der Waals surface area contributed by atoms with E-state index in [0.717, 1.165) is 56.6 Å². The number of amides is 1. The van der Waals surface area contributed by atoms with Crippen LogP contribution in [0.4, 0.5) is 0 Å². The van der Waals surface area contributed by atoms with Crippen LogP contribution in [0.1, 0.15) is 42.2 Å². The van der Waals surface area contributed by atoms with Crippen molar-refractivity contribution >= 4 is 29.7 Å². The molecule has 1 fully saturated rings. The van der Waals surface area contributed by atoms with Gasteiger partial charge in [-0.3, -0.25) is 4.79 Å². The van der Waals surface area contributed by atoms with E-state index in [-0.39, 0.29) is 24.4 Å². The molecule has 1 aliphatic heterocycles. The molecule has 1 saturated heterocycles. The third kappa shape index (κ3) is 5.96. The number of rotatable bonds is 8. The zero-order chi connectivity index (χ0) is 18.2. The van der Waals surface area contributed by atoms with Crippen molar-refractivity contribution in [3.63, 3.8) is 0 Å². The summed E-state index contributed by atoms with van der Waals surface area (Å²) in [4.78, 5) is 16.3. The summed E-state index contributed by atoms with van der Waals surface area (Å²) in [5.41, 5.74) is 1.09. The molecule has 4 nitrogen and oxygen atoms in total. The number of thiophene rings is 1. The summed E-state index contributed by atoms with van der Waals surface area (Å²) in [6, 6.07) is 12.4. The molecule has 27 heavy (non-hydrogen) atoms. The molecule has 0 saturated carbocycles. The molecular weight excluding hydrogens is 380 g/mol. The molecule has 0 bridgehead atoms. The number of nitrogens with one attached hydrogen (secondary N) is 1. The fourth-order valence-electron chi connectivity index (χ4n) is 3.57. The number of nitrogens with zero attached hydrogens (tertiary/aromatic N) is 1. The maximum Gasteiger partial charge on any atom is 0.223 e. The maximum absolute atomic E-state index is 12.8. The monoisotopic (exact) mass is 408 g/mol. The molecule has 2 aromatic rings. The van der Waals surface area contributed by atoms with Crippen molar-refractivity contribution in [1.29, 1.82) is 0 Å². The van der Waals surface area contributed by atoms with Crippen molar-refractivity contribution in [2.45, 2.75) is 38.1 Å². The molecule has 1 atom stereocenters. The summed E-state index contributed by atoms with van der Waals surface area (Å²) < 4.78 is 5.51. The number of aryl methyl sites for hydroxylation is 1. The number of piperazine rings is 1. The van der Waals surface area contributed by atoms with Crippen LogP contribution in [-0.4, -0.2) is 37.6 Å². The minimum absolute atomic E-state index is 0. The minimum Gasteiger partial charge on any atom is -0.496 e. The quantitative estimate of drug-likeness (QED) is 0.656. The lowest BCUT2D eigenvalue weighted by atomic mass is 10.0. The van der Waals surface area contributed by atoms with Crippen LogP contribution < -0.4 is 10.1 Å². The van der Waals surface area contributed by atoms with E-state index >= 15 is 0 Å². The average Bonchev–Trinajstić information content (AvgIpc) is 3.21. The molecule has 6 heteroatoms. The van der Waals surface area contributed by atoms with Gasteiger partial charge in [0.15, 0.2) is 0 Å². The van der Waals surface area contributed by atoms with Crippen molar-refractivity contribution in [2.24, 2.45) is 0 Å². The number of benzene rings is 1. The first kappa shape index (κ1) is 21.7. The number of ether oxygens (including phenoxy) is 1. The molecule has 0 radical (unpaired) electrons. The zero-order valence-corrected chi connectivity index (χ0v) is 17.5. The van der Waals surface area contributed by atoms with E-state index in [9.17, 15) is 4.79 Å². The Bertz CT molecular complexity index is 693. The normalized spacial score (nSPS) is 16.6. The van der Waals surface area contributed by atoms with Crippen molar-refractivity contribution in [2.75, 3.05) is 26.7 Å².